The molecule has 0 aliphatic rings. The van der Waals surface area contributed by atoms with Crippen LogP contribution in [0.1, 0.15) is 0 Å². The number of methoxy groups -OCH3 is 1. The van der Waals surface area contributed by atoms with Crippen molar-refractivity contribution in [3.05, 3.63) is 29.3 Å². The highest BCUT2D eigenvalue weighted by atomic mass is 35.5. The summed E-state index contributed by atoms with van der Waals surface area (Å²) in [7, 11) is 1.56. The maximum absolute atomic E-state index is 8.18. The quantitative estimate of drug-likeness (QED) is 0.370. The van der Waals surface area contributed by atoms with Gasteiger partial charge in [0.25, 0.3) is 0 Å². The topological polar surface area (TPSA) is 149 Å². The Hall–Kier alpha value is -2.92. The van der Waals surface area contributed by atoms with E-state index in [1.807, 2.05) is 0 Å². The van der Waals surface area contributed by atoms with Gasteiger partial charge in [-0.05, 0) is 12.1 Å². The van der Waals surface area contributed by atoms with Gasteiger partial charge in [0, 0.05) is 17.2 Å². The lowest BCUT2D eigenvalue weighted by Gasteiger charge is -2.02. The van der Waals surface area contributed by atoms with Crippen molar-refractivity contribution in [2.24, 2.45) is 0 Å². The minimum absolute atomic E-state index is 0.116. The lowest BCUT2D eigenvalue weighted by Crippen LogP contribution is -2.02. The predicted octanol–water partition coefficient (Wildman–Crippen LogP) is 1.46. The zero-order chi connectivity index (χ0) is 15.8. The van der Waals surface area contributed by atoms with Crippen molar-refractivity contribution in [2.75, 3.05) is 29.6 Å². The Bertz CT molecular complexity index is 636. The molecule has 0 bridgehead atoms. The molecule has 21 heavy (non-hydrogen) atoms. The molecule has 0 radical (unpaired) electrons. The molecule has 9 heteroatoms. The van der Waals surface area contributed by atoms with E-state index >= 15 is 0 Å². The summed E-state index contributed by atoms with van der Waals surface area (Å²) in [5.41, 5.74) is 16.7. The fourth-order valence-corrected chi connectivity index (χ4v) is 1.44. The summed E-state index contributed by atoms with van der Waals surface area (Å²) >= 11 is 5.66. The molecule has 0 amide bonds. The Morgan fingerprint density at radius 3 is 2.29 bits per heavy atom. The van der Waals surface area contributed by atoms with Gasteiger partial charge in [0.05, 0.1) is 12.8 Å². The Morgan fingerprint density at radius 1 is 1.19 bits per heavy atom. The van der Waals surface area contributed by atoms with Crippen molar-refractivity contribution >= 4 is 34.9 Å². The molecular formula is C12H14ClN7O. The van der Waals surface area contributed by atoms with E-state index in [1.54, 1.807) is 31.5 Å². The Kier molecular flexibility index (Phi) is 5.85. The SMILES string of the molecule is COc1cc(Cl)ccc1N.N#CNc1nc(N)cc(N)n1. The maximum atomic E-state index is 8.18. The Morgan fingerprint density at radius 2 is 1.81 bits per heavy atom. The molecule has 110 valence electrons. The normalized spacial score (nSPS) is 9.00. The molecular weight excluding hydrogens is 294 g/mol. The molecule has 0 fully saturated rings. The van der Waals surface area contributed by atoms with Crippen LogP contribution in [0.3, 0.4) is 0 Å². The molecule has 0 atom stereocenters. The predicted molar refractivity (Wildman–Crippen MR) is 82.5 cm³/mol. The first kappa shape index (κ1) is 16.1. The Labute approximate surface area is 126 Å². The van der Waals surface area contributed by atoms with Gasteiger partial charge >= 0.3 is 0 Å². The molecule has 0 aliphatic carbocycles. The first-order chi connectivity index (χ1) is 9.96. The van der Waals surface area contributed by atoms with Crippen LogP contribution < -0.4 is 27.3 Å². The van der Waals surface area contributed by atoms with Gasteiger partial charge in [-0.2, -0.15) is 15.2 Å². The highest BCUT2D eigenvalue weighted by Crippen LogP contribution is 2.24. The summed E-state index contributed by atoms with van der Waals surface area (Å²) < 4.78 is 4.92. The number of ether oxygens (including phenoxy) is 1. The summed E-state index contributed by atoms with van der Waals surface area (Å²) in [6.07, 6.45) is 1.65. The molecule has 1 aromatic carbocycles. The molecule has 0 aliphatic heterocycles. The third-order valence-electron chi connectivity index (χ3n) is 2.13. The molecule has 1 heterocycles. The number of benzene rings is 1. The number of hydrogen-bond acceptors (Lipinski definition) is 8. The highest BCUT2D eigenvalue weighted by molar-refractivity contribution is 6.30. The number of rotatable bonds is 2. The van der Waals surface area contributed by atoms with E-state index in [0.29, 0.717) is 16.5 Å². The van der Waals surface area contributed by atoms with Crippen molar-refractivity contribution in [3.63, 3.8) is 0 Å². The van der Waals surface area contributed by atoms with E-state index in [1.165, 1.54) is 6.07 Å². The average Bonchev–Trinajstić information content (AvgIpc) is 2.41. The summed E-state index contributed by atoms with van der Waals surface area (Å²) in [6.45, 7) is 0. The van der Waals surface area contributed by atoms with Crippen LogP contribution in [0.4, 0.5) is 23.3 Å². The van der Waals surface area contributed by atoms with Crippen LogP contribution >= 0.6 is 11.6 Å². The van der Waals surface area contributed by atoms with E-state index in [0.717, 1.165) is 0 Å². The third-order valence-corrected chi connectivity index (χ3v) is 2.36. The number of nitrogens with one attached hydrogen (secondary N) is 1. The number of aromatic nitrogens is 2. The highest BCUT2D eigenvalue weighted by Gasteiger charge is 1.97. The second kappa shape index (κ2) is 7.62. The molecule has 2 rings (SSSR count). The van der Waals surface area contributed by atoms with Crippen LogP contribution in [0.5, 0.6) is 5.75 Å². The van der Waals surface area contributed by atoms with E-state index in [-0.39, 0.29) is 17.6 Å². The molecule has 1 aromatic heterocycles. The van der Waals surface area contributed by atoms with Crippen molar-refractivity contribution < 1.29 is 4.74 Å². The molecule has 7 N–H and O–H groups in total. The van der Waals surface area contributed by atoms with Crippen LogP contribution in [0.2, 0.25) is 5.02 Å². The smallest absolute Gasteiger partial charge is 0.240 e. The number of anilines is 4. The summed E-state index contributed by atoms with van der Waals surface area (Å²) in [4.78, 5) is 7.35. The van der Waals surface area contributed by atoms with Gasteiger partial charge in [-0.3, -0.25) is 5.32 Å². The fourth-order valence-electron chi connectivity index (χ4n) is 1.28. The molecule has 2 aromatic rings. The van der Waals surface area contributed by atoms with Crippen LogP contribution in [-0.4, -0.2) is 17.1 Å². The Balaban J connectivity index is 0.000000211. The number of hydrogen-bond donors (Lipinski definition) is 4. The van der Waals surface area contributed by atoms with Crippen molar-refractivity contribution in [1.82, 2.24) is 9.97 Å². The number of nitrogen functional groups attached to an aromatic ring is 3. The van der Waals surface area contributed by atoms with Gasteiger partial charge in [0.15, 0.2) is 6.19 Å². The van der Waals surface area contributed by atoms with Crippen molar-refractivity contribution in [1.29, 1.82) is 5.26 Å². The van der Waals surface area contributed by atoms with E-state index < -0.39 is 0 Å². The van der Waals surface area contributed by atoms with Gasteiger partial charge in [-0.15, -0.1) is 0 Å². The van der Waals surface area contributed by atoms with E-state index in [9.17, 15) is 0 Å². The van der Waals surface area contributed by atoms with E-state index in [4.69, 9.17) is 38.8 Å². The van der Waals surface area contributed by atoms with Crippen LogP contribution in [0.25, 0.3) is 0 Å². The third kappa shape index (κ3) is 5.30. The summed E-state index contributed by atoms with van der Waals surface area (Å²) in [5.74, 6) is 1.20. The van der Waals surface area contributed by atoms with Gasteiger partial charge in [0.1, 0.15) is 17.4 Å². The standard InChI is InChI=1S/C7H8ClNO.C5H6N6/c1-10-7-4-5(8)2-3-6(7)9;6-2-9-5-10-3(7)1-4(8)11-5/h2-4H,9H2,1H3;1H,(H5,7,8,9,10,11). The minimum Gasteiger partial charge on any atom is -0.495 e. The first-order valence-corrected chi connectivity index (χ1v) is 5.98. The molecule has 0 saturated heterocycles. The van der Waals surface area contributed by atoms with Crippen molar-refractivity contribution in [3.8, 4) is 11.9 Å². The molecule has 0 unspecified atom stereocenters. The van der Waals surface area contributed by atoms with Gasteiger partial charge in [-0.1, -0.05) is 11.6 Å². The second-order valence-corrected chi connectivity index (χ2v) is 4.10. The number of halogens is 1. The number of nitriles is 1. The maximum Gasteiger partial charge on any atom is 0.240 e. The summed E-state index contributed by atoms with van der Waals surface area (Å²) in [5, 5.41) is 11.0. The zero-order valence-electron chi connectivity index (χ0n) is 11.2. The van der Waals surface area contributed by atoms with Crippen LogP contribution in [0, 0.1) is 11.5 Å². The number of nitrogens with two attached hydrogens (primary N) is 3. The lowest BCUT2D eigenvalue weighted by molar-refractivity contribution is 0.417. The monoisotopic (exact) mass is 307 g/mol. The van der Waals surface area contributed by atoms with Crippen LogP contribution in [0.15, 0.2) is 24.3 Å². The average molecular weight is 308 g/mol. The van der Waals surface area contributed by atoms with E-state index in [2.05, 4.69) is 15.3 Å². The zero-order valence-corrected chi connectivity index (χ0v) is 11.9. The van der Waals surface area contributed by atoms with Crippen molar-refractivity contribution in [2.45, 2.75) is 0 Å². The van der Waals surface area contributed by atoms with Gasteiger partial charge in [0.2, 0.25) is 5.95 Å². The van der Waals surface area contributed by atoms with Crippen LogP contribution in [-0.2, 0) is 0 Å². The number of nitrogens with zero attached hydrogens (tertiary/aromatic N) is 3. The largest absolute Gasteiger partial charge is 0.495 e. The molecule has 0 spiro atoms. The minimum atomic E-state index is 0.116. The second-order valence-electron chi connectivity index (χ2n) is 3.66. The lowest BCUT2D eigenvalue weighted by atomic mass is 10.3. The molecule has 0 saturated carbocycles. The van der Waals surface area contributed by atoms with Gasteiger partial charge in [-0.25, -0.2) is 0 Å². The summed E-state index contributed by atoms with van der Waals surface area (Å²) in [6, 6.07) is 6.51. The fraction of sp³-hybridized carbons (Fsp3) is 0.0833. The first-order valence-electron chi connectivity index (χ1n) is 5.60. The molecule has 8 nitrogen and oxygen atoms in total. The van der Waals surface area contributed by atoms with Gasteiger partial charge < -0.3 is 21.9 Å².